The van der Waals surface area contributed by atoms with Crippen molar-refractivity contribution < 1.29 is 14.3 Å². The maximum absolute atomic E-state index is 12.5. The molecule has 0 aromatic heterocycles. The Hall–Kier alpha value is -2.93. The number of hydrogen-bond acceptors (Lipinski definition) is 5. The van der Waals surface area contributed by atoms with Gasteiger partial charge in [0.1, 0.15) is 6.61 Å². The number of carbonyl (C=O) groups excluding carboxylic acids is 1. The molecule has 1 aliphatic rings. The Morgan fingerprint density at radius 3 is 2.62 bits per heavy atom. The molecular formula is C24H18Cl2N2O3S. The Bertz CT molecular complexity index is 1210. The number of amidine groups is 1. The minimum atomic E-state index is -0.241. The minimum absolute atomic E-state index is 0.241. The fourth-order valence-electron chi connectivity index (χ4n) is 2.95. The van der Waals surface area contributed by atoms with Gasteiger partial charge in [-0.05, 0) is 53.2 Å². The summed E-state index contributed by atoms with van der Waals surface area (Å²) in [5, 5.41) is 3.92. The van der Waals surface area contributed by atoms with E-state index in [0.717, 1.165) is 11.1 Å². The number of thioether (sulfide) groups is 1. The van der Waals surface area contributed by atoms with Crippen LogP contribution in [0.5, 0.6) is 11.5 Å². The maximum Gasteiger partial charge on any atom is 0.264 e. The van der Waals surface area contributed by atoms with Gasteiger partial charge in [-0.3, -0.25) is 4.79 Å². The summed E-state index contributed by atoms with van der Waals surface area (Å²) < 4.78 is 11.4. The van der Waals surface area contributed by atoms with Crippen molar-refractivity contribution in [1.29, 1.82) is 0 Å². The Balaban J connectivity index is 1.54. The number of nitrogens with one attached hydrogen (secondary N) is 1. The lowest BCUT2D eigenvalue weighted by Crippen LogP contribution is -2.19. The van der Waals surface area contributed by atoms with Crippen LogP contribution in [-0.4, -0.2) is 18.2 Å². The lowest BCUT2D eigenvalue weighted by atomic mass is 10.2. The summed E-state index contributed by atoms with van der Waals surface area (Å²) in [6.07, 6.45) is 1.77. The van der Waals surface area contributed by atoms with Gasteiger partial charge in [-0.15, -0.1) is 0 Å². The quantitative estimate of drug-likeness (QED) is 0.407. The van der Waals surface area contributed by atoms with Gasteiger partial charge in [0.15, 0.2) is 16.7 Å². The molecule has 0 spiro atoms. The number of rotatable bonds is 6. The van der Waals surface area contributed by atoms with E-state index in [4.69, 9.17) is 32.7 Å². The van der Waals surface area contributed by atoms with Crippen molar-refractivity contribution in [2.75, 3.05) is 7.11 Å². The molecule has 3 aromatic rings. The summed E-state index contributed by atoms with van der Waals surface area (Å²) in [5.74, 6) is 0.965. The number of halogens is 2. The molecule has 0 radical (unpaired) electrons. The molecule has 0 unspecified atom stereocenters. The third-order valence-corrected chi connectivity index (χ3v) is 6.25. The molecule has 32 heavy (non-hydrogen) atoms. The van der Waals surface area contributed by atoms with E-state index in [1.54, 1.807) is 31.4 Å². The molecule has 1 saturated heterocycles. The van der Waals surface area contributed by atoms with Gasteiger partial charge in [-0.2, -0.15) is 0 Å². The molecule has 1 fully saturated rings. The van der Waals surface area contributed by atoms with Gasteiger partial charge in [0, 0.05) is 0 Å². The van der Waals surface area contributed by atoms with Crippen LogP contribution in [0.2, 0.25) is 10.0 Å². The second-order valence-electron chi connectivity index (χ2n) is 6.74. The largest absolute Gasteiger partial charge is 0.493 e. The summed E-state index contributed by atoms with van der Waals surface area (Å²) >= 11 is 13.5. The zero-order valence-corrected chi connectivity index (χ0v) is 19.3. The zero-order valence-electron chi connectivity index (χ0n) is 17.0. The van der Waals surface area contributed by atoms with Crippen molar-refractivity contribution in [3.8, 4) is 11.5 Å². The van der Waals surface area contributed by atoms with Crippen molar-refractivity contribution in [3.05, 3.63) is 92.8 Å². The zero-order chi connectivity index (χ0) is 22.5. The first-order valence-electron chi connectivity index (χ1n) is 9.62. The standard InChI is InChI=1S/C24H18Cl2N2O3S/c1-30-19-11-10-16(12-20(19)31-14-15-6-3-2-4-7-15)13-21-23(29)28-24(32-21)27-18-9-5-8-17(25)22(18)26/h2-13H,14H2,1H3,(H,27,28,29)/b21-13+. The SMILES string of the molecule is COc1ccc(/C=C2/SC(=Nc3cccc(Cl)c3Cl)NC2=O)cc1OCc1ccccc1. The molecule has 162 valence electrons. The minimum Gasteiger partial charge on any atom is -0.493 e. The Morgan fingerprint density at radius 1 is 1.03 bits per heavy atom. The number of aliphatic imine (C=N–C) groups is 1. The maximum atomic E-state index is 12.5. The van der Waals surface area contributed by atoms with Crippen molar-refractivity contribution in [3.63, 3.8) is 0 Å². The summed E-state index contributed by atoms with van der Waals surface area (Å²) in [4.78, 5) is 17.4. The molecule has 8 heteroatoms. The van der Waals surface area contributed by atoms with E-state index in [1.807, 2.05) is 48.5 Å². The van der Waals surface area contributed by atoms with Crippen LogP contribution in [0, 0.1) is 0 Å². The van der Waals surface area contributed by atoms with Crippen molar-refractivity contribution in [2.24, 2.45) is 4.99 Å². The van der Waals surface area contributed by atoms with Gasteiger partial charge in [0.2, 0.25) is 0 Å². The van der Waals surface area contributed by atoms with E-state index in [2.05, 4.69) is 10.3 Å². The molecular weight excluding hydrogens is 467 g/mol. The summed E-state index contributed by atoms with van der Waals surface area (Å²) in [6.45, 7) is 0.406. The number of carbonyl (C=O) groups is 1. The lowest BCUT2D eigenvalue weighted by molar-refractivity contribution is -0.115. The number of hydrogen-bond donors (Lipinski definition) is 1. The number of methoxy groups -OCH3 is 1. The molecule has 0 aliphatic carbocycles. The highest BCUT2D eigenvalue weighted by Crippen LogP contribution is 2.35. The molecule has 1 N–H and O–H groups in total. The van der Waals surface area contributed by atoms with E-state index in [1.165, 1.54) is 11.8 Å². The fourth-order valence-corrected chi connectivity index (χ4v) is 4.12. The van der Waals surface area contributed by atoms with E-state index in [9.17, 15) is 4.79 Å². The van der Waals surface area contributed by atoms with Crippen LogP contribution in [-0.2, 0) is 11.4 Å². The summed E-state index contributed by atoms with van der Waals surface area (Å²) in [5.41, 5.74) is 2.34. The van der Waals surface area contributed by atoms with Crippen LogP contribution in [0.1, 0.15) is 11.1 Å². The van der Waals surface area contributed by atoms with Crippen molar-refractivity contribution in [1.82, 2.24) is 5.32 Å². The number of amides is 1. The highest BCUT2D eigenvalue weighted by Gasteiger charge is 2.24. The number of ether oxygens (including phenoxy) is 2. The third kappa shape index (κ3) is 5.27. The van der Waals surface area contributed by atoms with Gasteiger partial charge in [-0.25, -0.2) is 4.99 Å². The molecule has 1 aliphatic heterocycles. The second-order valence-corrected chi connectivity index (χ2v) is 8.56. The van der Waals surface area contributed by atoms with Gasteiger partial charge < -0.3 is 14.8 Å². The van der Waals surface area contributed by atoms with Crippen LogP contribution in [0.25, 0.3) is 6.08 Å². The third-order valence-electron chi connectivity index (χ3n) is 4.53. The normalized spacial score (nSPS) is 15.8. The first-order chi connectivity index (χ1) is 15.5. The molecule has 5 nitrogen and oxygen atoms in total. The molecule has 1 heterocycles. The number of benzene rings is 3. The highest BCUT2D eigenvalue weighted by atomic mass is 35.5. The van der Waals surface area contributed by atoms with Crippen LogP contribution in [0.3, 0.4) is 0 Å². The molecule has 0 saturated carbocycles. The van der Waals surface area contributed by atoms with E-state index in [0.29, 0.717) is 43.9 Å². The van der Waals surface area contributed by atoms with Gasteiger partial charge >= 0.3 is 0 Å². The topological polar surface area (TPSA) is 59.9 Å². The van der Waals surface area contributed by atoms with Crippen LogP contribution in [0.4, 0.5) is 5.69 Å². The molecule has 4 rings (SSSR count). The summed E-state index contributed by atoms with van der Waals surface area (Å²) in [6, 6.07) is 20.5. The Labute approximate surface area is 200 Å². The van der Waals surface area contributed by atoms with Crippen molar-refractivity contribution >= 4 is 57.8 Å². The summed E-state index contributed by atoms with van der Waals surface area (Å²) in [7, 11) is 1.59. The Kier molecular flexibility index (Phi) is 7.05. The lowest BCUT2D eigenvalue weighted by Gasteiger charge is -2.11. The molecule has 0 bridgehead atoms. The predicted octanol–water partition coefficient (Wildman–Crippen LogP) is 6.47. The predicted molar refractivity (Wildman–Crippen MR) is 131 cm³/mol. The van der Waals surface area contributed by atoms with Gasteiger partial charge in [0.05, 0.1) is 27.7 Å². The van der Waals surface area contributed by atoms with E-state index < -0.39 is 0 Å². The van der Waals surface area contributed by atoms with Gasteiger partial charge in [0.25, 0.3) is 5.91 Å². The molecule has 0 atom stereocenters. The average Bonchev–Trinajstić information content (AvgIpc) is 3.14. The average molecular weight is 485 g/mol. The van der Waals surface area contributed by atoms with E-state index >= 15 is 0 Å². The fraction of sp³-hybridized carbons (Fsp3) is 0.0833. The van der Waals surface area contributed by atoms with Crippen molar-refractivity contribution in [2.45, 2.75) is 6.61 Å². The number of nitrogens with zero attached hydrogens (tertiary/aromatic N) is 1. The van der Waals surface area contributed by atoms with E-state index in [-0.39, 0.29) is 5.91 Å². The highest BCUT2D eigenvalue weighted by molar-refractivity contribution is 8.18. The molecule has 1 amide bonds. The van der Waals surface area contributed by atoms with Gasteiger partial charge in [-0.1, -0.05) is 65.7 Å². The second kappa shape index (κ2) is 10.1. The monoisotopic (exact) mass is 484 g/mol. The van der Waals surface area contributed by atoms with Crippen LogP contribution >= 0.6 is 35.0 Å². The van der Waals surface area contributed by atoms with Crippen LogP contribution < -0.4 is 14.8 Å². The first kappa shape index (κ1) is 22.3. The van der Waals surface area contributed by atoms with Crippen LogP contribution in [0.15, 0.2) is 76.6 Å². The first-order valence-corrected chi connectivity index (χ1v) is 11.2. The molecule has 3 aromatic carbocycles. The smallest absolute Gasteiger partial charge is 0.264 e. The Morgan fingerprint density at radius 2 is 1.84 bits per heavy atom.